The van der Waals surface area contributed by atoms with E-state index in [0.717, 1.165) is 21.1 Å². The number of nitrogens with zero attached hydrogens (tertiary/aromatic N) is 1. The summed E-state index contributed by atoms with van der Waals surface area (Å²) in [6.45, 7) is 1.79. The lowest BCUT2D eigenvalue weighted by Gasteiger charge is -2.04. The van der Waals surface area contributed by atoms with Crippen LogP contribution in [0.3, 0.4) is 0 Å². The lowest BCUT2D eigenvalue weighted by molar-refractivity contribution is 0.0952. The predicted octanol–water partition coefficient (Wildman–Crippen LogP) is 4.55. The highest BCUT2D eigenvalue weighted by Crippen LogP contribution is 2.22. The molecule has 24 heavy (non-hydrogen) atoms. The number of nitrogens with one attached hydrogen (secondary N) is 2. The molecule has 0 unspecified atom stereocenters. The normalized spacial score (nSPS) is 11.7. The van der Waals surface area contributed by atoms with Gasteiger partial charge in [-0.25, -0.2) is 5.43 Å². The molecule has 0 saturated carbocycles. The quantitative estimate of drug-likeness (QED) is 0.404. The number of carbonyl (C=O) groups is 1. The highest BCUT2D eigenvalue weighted by atomic mass is 79.9. The van der Waals surface area contributed by atoms with Crippen LogP contribution in [0.25, 0.3) is 10.9 Å². The first-order valence-electron chi connectivity index (χ1n) is 7.06. The van der Waals surface area contributed by atoms with Gasteiger partial charge >= 0.3 is 0 Å². The number of carbonyl (C=O) groups excluding carboxylic acids is 1. The van der Waals surface area contributed by atoms with Crippen LogP contribution in [-0.2, 0) is 0 Å². The lowest BCUT2D eigenvalue weighted by Crippen LogP contribution is -2.19. The van der Waals surface area contributed by atoms with Gasteiger partial charge in [0.25, 0.3) is 5.91 Å². The molecule has 0 bridgehead atoms. The Morgan fingerprint density at radius 1 is 1.12 bits per heavy atom. The molecule has 3 aromatic rings. The van der Waals surface area contributed by atoms with Gasteiger partial charge in [-0.15, -0.1) is 0 Å². The van der Waals surface area contributed by atoms with Crippen molar-refractivity contribution < 1.29 is 9.90 Å². The molecule has 1 heterocycles. The third kappa shape index (κ3) is 3.52. The molecule has 1 amide bonds. The number of amides is 1. The van der Waals surface area contributed by atoms with Crippen LogP contribution in [0.2, 0.25) is 0 Å². The van der Waals surface area contributed by atoms with Gasteiger partial charge < -0.3 is 10.1 Å². The second-order valence-corrected chi connectivity index (χ2v) is 7.05. The zero-order chi connectivity index (χ0) is 17.3. The summed E-state index contributed by atoms with van der Waals surface area (Å²) in [5, 5.41) is 14.9. The molecule has 0 radical (unpaired) electrons. The minimum Gasteiger partial charge on any atom is -0.507 e. The predicted molar refractivity (Wildman–Crippen MR) is 101 cm³/mol. The molecular weight excluding hydrogens is 438 g/mol. The molecule has 1 aromatic heterocycles. The Morgan fingerprint density at radius 3 is 2.62 bits per heavy atom. The molecule has 0 aliphatic rings. The molecule has 122 valence electrons. The number of hydrogen-bond acceptors (Lipinski definition) is 3. The van der Waals surface area contributed by atoms with E-state index in [2.05, 4.69) is 47.4 Å². The second-order valence-electron chi connectivity index (χ2n) is 5.21. The van der Waals surface area contributed by atoms with Crippen LogP contribution >= 0.6 is 31.9 Å². The van der Waals surface area contributed by atoms with Crippen LogP contribution in [0, 0.1) is 0 Å². The zero-order valence-electron chi connectivity index (χ0n) is 12.6. The van der Waals surface area contributed by atoms with Gasteiger partial charge in [-0.3, -0.25) is 4.79 Å². The summed E-state index contributed by atoms with van der Waals surface area (Å²) in [5.74, 6) is -0.578. The summed E-state index contributed by atoms with van der Waals surface area (Å²) in [6.07, 6.45) is 0. The Labute approximate surface area is 155 Å². The van der Waals surface area contributed by atoms with E-state index < -0.39 is 5.91 Å². The topological polar surface area (TPSA) is 77.5 Å². The Morgan fingerprint density at radius 2 is 1.83 bits per heavy atom. The molecule has 0 aliphatic carbocycles. The first kappa shape index (κ1) is 16.7. The third-order valence-corrected chi connectivity index (χ3v) is 4.49. The van der Waals surface area contributed by atoms with Crippen molar-refractivity contribution in [1.82, 2.24) is 10.4 Å². The molecule has 0 spiro atoms. The number of hydrazone groups is 1. The highest BCUT2D eigenvalue weighted by Gasteiger charge is 2.11. The van der Waals surface area contributed by atoms with Crippen molar-refractivity contribution in [2.45, 2.75) is 6.92 Å². The summed E-state index contributed by atoms with van der Waals surface area (Å²) < 4.78 is 1.68. The van der Waals surface area contributed by atoms with Crippen molar-refractivity contribution in [1.29, 1.82) is 0 Å². The van der Waals surface area contributed by atoms with Gasteiger partial charge in [0.15, 0.2) is 0 Å². The summed E-state index contributed by atoms with van der Waals surface area (Å²) in [4.78, 5) is 15.4. The molecule has 5 nitrogen and oxygen atoms in total. The van der Waals surface area contributed by atoms with E-state index in [-0.39, 0.29) is 11.3 Å². The fourth-order valence-corrected chi connectivity index (χ4v) is 2.96. The number of rotatable bonds is 3. The number of benzene rings is 2. The maximum absolute atomic E-state index is 12.2. The first-order valence-corrected chi connectivity index (χ1v) is 8.64. The van der Waals surface area contributed by atoms with Crippen LogP contribution in [0.5, 0.6) is 5.75 Å². The minimum atomic E-state index is -0.480. The van der Waals surface area contributed by atoms with Crippen molar-refractivity contribution in [2.75, 3.05) is 0 Å². The van der Waals surface area contributed by atoms with Crippen LogP contribution < -0.4 is 5.43 Å². The Balaban J connectivity index is 1.82. The summed E-state index contributed by atoms with van der Waals surface area (Å²) in [7, 11) is 0. The first-order chi connectivity index (χ1) is 11.4. The van der Waals surface area contributed by atoms with Crippen LogP contribution in [0.4, 0.5) is 0 Å². The molecule has 7 heteroatoms. The SMILES string of the molecule is C/C(=N\NC(=O)c1cc(Br)ccc1O)c1cc2ccc(Br)cc2[nH]1. The number of phenolic OH excluding ortho intramolecular Hbond substituents is 1. The van der Waals surface area contributed by atoms with Gasteiger partial charge in [-0.1, -0.05) is 37.9 Å². The standard InChI is InChI=1S/C17H13Br2N3O2/c1-9(14-6-10-2-3-12(19)8-15(10)20-14)21-22-17(24)13-7-11(18)4-5-16(13)23/h2-8,20,23H,1H3,(H,22,24)/b21-9+. The van der Waals surface area contributed by atoms with E-state index in [9.17, 15) is 9.90 Å². The van der Waals surface area contributed by atoms with Crippen LogP contribution in [0.15, 0.2) is 56.5 Å². The van der Waals surface area contributed by atoms with Gasteiger partial charge in [-0.2, -0.15) is 5.10 Å². The van der Waals surface area contributed by atoms with Crippen LogP contribution in [0.1, 0.15) is 23.0 Å². The van der Waals surface area contributed by atoms with E-state index in [1.165, 1.54) is 12.1 Å². The summed E-state index contributed by atoms with van der Waals surface area (Å²) in [6, 6.07) is 12.5. The van der Waals surface area contributed by atoms with Gasteiger partial charge in [0, 0.05) is 19.8 Å². The van der Waals surface area contributed by atoms with E-state index in [1.807, 2.05) is 24.3 Å². The van der Waals surface area contributed by atoms with Gasteiger partial charge in [0.05, 0.1) is 17.0 Å². The second kappa shape index (κ2) is 6.78. The number of hydrogen-bond donors (Lipinski definition) is 3. The molecule has 0 fully saturated rings. The average Bonchev–Trinajstić information content (AvgIpc) is 2.97. The van der Waals surface area contributed by atoms with Crippen molar-refractivity contribution in [2.24, 2.45) is 5.10 Å². The number of H-pyrrole nitrogens is 1. The number of aromatic nitrogens is 1. The molecule has 0 saturated heterocycles. The van der Waals surface area contributed by atoms with Gasteiger partial charge in [0.2, 0.25) is 0 Å². The minimum absolute atomic E-state index is 0.0981. The molecular formula is C17H13Br2N3O2. The van der Waals surface area contributed by atoms with Crippen molar-refractivity contribution in [3.05, 3.63) is 62.7 Å². The Bertz CT molecular complexity index is 964. The smallest absolute Gasteiger partial charge is 0.275 e. The number of aromatic amines is 1. The monoisotopic (exact) mass is 449 g/mol. The van der Waals surface area contributed by atoms with Gasteiger partial charge in [0.1, 0.15) is 5.75 Å². The average molecular weight is 451 g/mol. The number of aromatic hydroxyl groups is 1. The van der Waals surface area contributed by atoms with Gasteiger partial charge in [-0.05, 0) is 43.3 Å². The van der Waals surface area contributed by atoms with Crippen molar-refractivity contribution in [3.63, 3.8) is 0 Å². The van der Waals surface area contributed by atoms with E-state index >= 15 is 0 Å². The molecule has 0 aliphatic heterocycles. The number of phenols is 1. The fourth-order valence-electron chi connectivity index (χ4n) is 2.24. The summed E-state index contributed by atoms with van der Waals surface area (Å²) in [5.41, 5.74) is 5.03. The lowest BCUT2D eigenvalue weighted by atomic mass is 10.2. The maximum atomic E-state index is 12.2. The third-order valence-electron chi connectivity index (χ3n) is 3.50. The largest absolute Gasteiger partial charge is 0.507 e. The Kier molecular flexibility index (Phi) is 4.73. The van der Waals surface area contributed by atoms with E-state index in [0.29, 0.717) is 10.2 Å². The van der Waals surface area contributed by atoms with E-state index in [4.69, 9.17) is 0 Å². The van der Waals surface area contributed by atoms with Crippen molar-refractivity contribution in [3.8, 4) is 5.75 Å². The maximum Gasteiger partial charge on any atom is 0.275 e. The molecule has 2 aromatic carbocycles. The molecule has 0 atom stereocenters. The fraction of sp³-hybridized carbons (Fsp3) is 0.0588. The number of fused-ring (bicyclic) bond motifs is 1. The van der Waals surface area contributed by atoms with Crippen LogP contribution in [-0.4, -0.2) is 21.7 Å². The number of halogens is 2. The van der Waals surface area contributed by atoms with Crippen molar-refractivity contribution >= 4 is 54.4 Å². The summed E-state index contributed by atoms with van der Waals surface area (Å²) >= 11 is 6.70. The molecule has 3 rings (SSSR count). The Hall–Kier alpha value is -2.12. The van der Waals surface area contributed by atoms with E-state index in [1.54, 1.807) is 13.0 Å². The molecule has 3 N–H and O–H groups in total. The zero-order valence-corrected chi connectivity index (χ0v) is 15.8. The highest BCUT2D eigenvalue weighted by molar-refractivity contribution is 9.10.